The van der Waals surface area contributed by atoms with Gasteiger partial charge in [-0.1, -0.05) is 25.8 Å². The van der Waals surface area contributed by atoms with Crippen molar-refractivity contribution >= 4 is 10.9 Å². The fraction of sp³-hybridized carbons (Fsp3) is 0.438. The third kappa shape index (κ3) is 2.85. The smallest absolute Gasteiger partial charge is 0.0705 e. The second-order valence-electron chi connectivity index (χ2n) is 4.87. The van der Waals surface area contributed by atoms with E-state index in [1.54, 1.807) is 0 Å². The van der Waals surface area contributed by atoms with Crippen molar-refractivity contribution in [2.45, 2.75) is 46.5 Å². The summed E-state index contributed by atoms with van der Waals surface area (Å²) in [6.07, 6.45) is 5.09. The Kier molecular flexibility index (Phi) is 3.78. The molecule has 1 aromatic carbocycles. The third-order valence-corrected chi connectivity index (χ3v) is 3.39. The van der Waals surface area contributed by atoms with E-state index in [-0.39, 0.29) is 0 Å². The molecule has 1 heteroatoms. The number of hydrogen-bond acceptors (Lipinski definition) is 1. The van der Waals surface area contributed by atoms with E-state index in [1.807, 2.05) is 0 Å². The predicted octanol–water partition coefficient (Wildman–Crippen LogP) is 4.58. The number of aryl methyl sites for hydroxylation is 3. The molecule has 2 rings (SSSR count). The number of unbranched alkanes of at least 4 members (excludes halogenated alkanes) is 2. The normalized spacial score (nSPS) is 11.0. The molecule has 0 saturated carbocycles. The molecule has 1 nitrogen and oxygen atoms in total. The lowest BCUT2D eigenvalue weighted by Gasteiger charge is -2.06. The Bertz CT molecular complexity index is 514. The highest BCUT2D eigenvalue weighted by Crippen LogP contribution is 2.18. The zero-order valence-electron chi connectivity index (χ0n) is 11.1. The molecule has 0 aliphatic carbocycles. The van der Waals surface area contributed by atoms with Crippen LogP contribution < -0.4 is 0 Å². The Morgan fingerprint density at radius 3 is 2.65 bits per heavy atom. The molecule has 1 aromatic heterocycles. The molecule has 2 aromatic rings. The molecule has 90 valence electrons. The first kappa shape index (κ1) is 12.1. The summed E-state index contributed by atoms with van der Waals surface area (Å²) in [6.45, 7) is 6.45. The first-order valence-electron chi connectivity index (χ1n) is 6.57. The van der Waals surface area contributed by atoms with Gasteiger partial charge in [0.05, 0.1) is 5.52 Å². The number of rotatable bonds is 4. The van der Waals surface area contributed by atoms with Crippen molar-refractivity contribution in [1.29, 1.82) is 0 Å². The van der Waals surface area contributed by atoms with Gasteiger partial charge in [0.1, 0.15) is 0 Å². The maximum absolute atomic E-state index is 4.61. The minimum absolute atomic E-state index is 1.12. The van der Waals surface area contributed by atoms with Crippen LogP contribution in [-0.4, -0.2) is 4.98 Å². The molecule has 0 bridgehead atoms. The molecule has 0 radical (unpaired) electrons. The first-order valence-corrected chi connectivity index (χ1v) is 6.57. The van der Waals surface area contributed by atoms with Crippen LogP contribution in [0.25, 0.3) is 10.9 Å². The molecule has 0 atom stereocenters. The highest BCUT2D eigenvalue weighted by Gasteiger charge is 2.01. The summed E-state index contributed by atoms with van der Waals surface area (Å²) in [7, 11) is 0. The van der Waals surface area contributed by atoms with Crippen molar-refractivity contribution in [3.05, 3.63) is 41.1 Å². The quantitative estimate of drug-likeness (QED) is 0.696. The van der Waals surface area contributed by atoms with Gasteiger partial charge in [-0.2, -0.15) is 0 Å². The van der Waals surface area contributed by atoms with Gasteiger partial charge in [0.2, 0.25) is 0 Å². The fourth-order valence-electron chi connectivity index (χ4n) is 2.16. The summed E-state index contributed by atoms with van der Waals surface area (Å²) in [5.41, 5.74) is 4.97. The molecule has 17 heavy (non-hydrogen) atoms. The van der Waals surface area contributed by atoms with Crippen molar-refractivity contribution < 1.29 is 0 Å². The second-order valence-corrected chi connectivity index (χ2v) is 4.87. The maximum Gasteiger partial charge on any atom is 0.0705 e. The van der Waals surface area contributed by atoms with Crippen LogP contribution in [0.5, 0.6) is 0 Å². The van der Waals surface area contributed by atoms with Crippen LogP contribution in [0.1, 0.15) is 43.0 Å². The first-order chi connectivity index (χ1) is 8.20. The van der Waals surface area contributed by atoms with Crippen molar-refractivity contribution in [2.75, 3.05) is 0 Å². The molecule has 0 aliphatic rings. The van der Waals surface area contributed by atoms with Crippen LogP contribution >= 0.6 is 0 Å². The monoisotopic (exact) mass is 227 g/mol. The van der Waals surface area contributed by atoms with E-state index in [0.717, 1.165) is 11.2 Å². The van der Waals surface area contributed by atoms with E-state index < -0.39 is 0 Å². The summed E-state index contributed by atoms with van der Waals surface area (Å²) in [6, 6.07) is 8.92. The Hall–Kier alpha value is -1.37. The van der Waals surface area contributed by atoms with Gasteiger partial charge in [0.15, 0.2) is 0 Å². The number of nitrogens with zero attached hydrogens (tertiary/aromatic N) is 1. The number of pyridine rings is 1. The van der Waals surface area contributed by atoms with Gasteiger partial charge in [-0.15, -0.1) is 0 Å². The van der Waals surface area contributed by atoms with Gasteiger partial charge in [-0.05, 0) is 56.0 Å². The molecule has 0 fully saturated rings. The SMILES string of the molecule is CCCCCc1ccc2nc(C)c(C)cc2c1. The lowest BCUT2D eigenvalue weighted by molar-refractivity contribution is 0.718. The summed E-state index contributed by atoms with van der Waals surface area (Å²) in [5.74, 6) is 0. The number of fused-ring (bicyclic) bond motifs is 1. The zero-order valence-corrected chi connectivity index (χ0v) is 11.1. The van der Waals surface area contributed by atoms with Crippen LogP contribution in [-0.2, 0) is 6.42 Å². The van der Waals surface area contributed by atoms with E-state index >= 15 is 0 Å². The van der Waals surface area contributed by atoms with Crippen LogP contribution in [0.4, 0.5) is 0 Å². The molecule has 0 amide bonds. The maximum atomic E-state index is 4.61. The van der Waals surface area contributed by atoms with Gasteiger partial charge < -0.3 is 0 Å². The molecule has 0 saturated heterocycles. The zero-order chi connectivity index (χ0) is 12.3. The molecular formula is C16H21N. The van der Waals surface area contributed by atoms with E-state index in [4.69, 9.17) is 0 Å². The molecule has 0 aliphatic heterocycles. The summed E-state index contributed by atoms with van der Waals surface area (Å²) < 4.78 is 0. The van der Waals surface area contributed by atoms with Crippen LogP contribution in [0.3, 0.4) is 0 Å². The van der Waals surface area contributed by atoms with Crippen molar-refractivity contribution in [3.63, 3.8) is 0 Å². The van der Waals surface area contributed by atoms with E-state index in [2.05, 4.69) is 50.0 Å². The van der Waals surface area contributed by atoms with Crippen LogP contribution in [0, 0.1) is 13.8 Å². The van der Waals surface area contributed by atoms with Crippen LogP contribution in [0.15, 0.2) is 24.3 Å². The minimum Gasteiger partial charge on any atom is -0.253 e. The van der Waals surface area contributed by atoms with E-state index in [0.29, 0.717) is 0 Å². The highest BCUT2D eigenvalue weighted by molar-refractivity contribution is 5.80. The summed E-state index contributed by atoms with van der Waals surface area (Å²) in [5, 5.41) is 1.28. The van der Waals surface area contributed by atoms with Crippen molar-refractivity contribution in [2.24, 2.45) is 0 Å². The van der Waals surface area contributed by atoms with E-state index in [9.17, 15) is 0 Å². The molecule has 0 unspecified atom stereocenters. The van der Waals surface area contributed by atoms with Crippen molar-refractivity contribution in [3.8, 4) is 0 Å². The lowest BCUT2D eigenvalue weighted by atomic mass is 10.0. The minimum atomic E-state index is 1.12. The van der Waals surface area contributed by atoms with Gasteiger partial charge in [-0.25, -0.2) is 0 Å². The summed E-state index contributed by atoms with van der Waals surface area (Å²) in [4.78, 5) is 4.61. The van der Waals surface area contributed by atoms with Gasteiger partial charge in [0.25, 0.3) is 0 Å². The molecule has 0 N–H and O–H groups in total. The average Bonchev–Trinajstić information content (AvgIpc) is 2.31. The third-order valence-electron chi connectivity index (χ3n) is 3.39. The van der Waals surface area contributed by atoms with Crippen molar-refractivity contribution in [1.82, 2.24) is 4.98 Å². The average molecular weight is 227 g/mol. The topological polar surface area (TPSA) is 12.9 Å². The van der Waals surface area contributed by atoms with E-state index in [1.165, 1.54) is 42.2 Å². The Morgan fingerprint density at radius 1 is 1.06 bits per heavy atom. The Morgan fingerprint density at radius 2 is 1.88 bits per heavy atom. The summed E-state index contributed by atoms with van der Waals surface area (Å²) >= 11 is 0. The van der Waals surface area contributed by atoms with Gasteiger partial charge >= 0.3 is 0 Å². The van der Waals surface area contributed by atoms with Gasteiger partial charge in [-0.3, -0.25) is 4.98 Å². The lowest BCUT2D eigenvalue weighted by Crippen LogP contribution is -1.90. The standard InChI is InChI=1S/C16H21N/c1-4-5-6-7-14-8-9-16-15(11-14)10-12(2)13(3)17-16/h8-11H,4-7H2,1-3H3. The predicted molar refractivity (Wildman–Crippen MR) is 74.4 cm³/mol. The fourth-order valence-corrected chi connectivity index (χ4v) is 2.16. The Balaban J connectivity index is 2.27. The number of benzene rings is 1. The highest BCUT2D eigenvalue weighted by atomic mass is 14.7. The van der Waals surface area contributed by atoms with Crippen LogP contribution in [0.2, 0.25) is 0 Å². The van der Waals surface area contributed by atoms with Gasteiger partial charge in [0, 0.05) is 11.1 Å². The Labute approximate surface area is 104 Å². The second kappa shape index (κ2) is 5.31. The largest absolute Gasteiger partial charge is 0.253 e. The number of aromatic nitrogens is 1. The molecular weight excluding hydrogens is 206 g/mol. The number of hydrogen-bond donors (Lipinski definition) is 0. The molecule has 0 spiro atoms. The molecule has 1 heterocycles.